The molecule has 0 saturated carbocycles. The third-order valence-corrected chi connectivity index (χ3v) is 7.44. The minimum atomic E-state index is -1.25. The average Bonchev–Trinajstić information content (AvgIpc) is 2.94. The number of aliphatic carboxylic acids is 3. The predicted molar refractivity (Wildman–Crippen MR) is 166 cm³/mol. The van der Waals surface area contributed by atoms with E-state index in [1.165, 1.54) is 30.7 Å². The van der Waals surface area contributed by atoms with E-state index in [-0.39, 0.29) is 48.9 Å². The Balaban J connectivity index is 5.36. The molecule has 0 unspecified atom stereocenters. The molecule has 3 atom stereocenters. The number of carbonyl (C=O) groups excluding carboxylic acids is 3. The topological polar surface area (TPSA) is 213 Å². The van der Waals surface area contributed by atoms with Crippen LogP contribution in [-0.4, -0.2) is 80.5 Å². The van der Waals surface area contributed by atoms with E-state index in [0.717, 1.165) is 19.3 Å². The summed E-state index contributed by atoms with van der Waals surface area (Å²) >= 11 is 1.36. The summed E-state index contributed by atoms with van der Waals surface area (Å²) in [5.74, 6) is -4.85. The van der Waals surface area contributed by atoms with Crippen LogP contribution in [0, 0.1) is 0 Å². The van der Waals surface area contributed by atoms with Crippen LogP contribution in [0.3, 0.4) is 0 Å². The van der Waals surface area contributed by atoms with Gasteiger partial charge in [0.1, 0.15) is 18.6 Å². The van der Waals surface area contributed by atoms with Gasteiger partial charge in [0.05, 0.1) is 0 Å². The van der Waals surface area contributed by atoms with Gasteiger partial charge in [-0.2, -0.15) is 11.8 Å². The second-order valence-electron chi connectivity index (χ2n) is 9.93. The van der Waals surface area contributed by atoms with Crippen LogP contribution in [0.25, 0.3) is 0 Å². The van der Waals surface area contributed by atoms with Crippen LogP contribution in [0.5, 0.6) is 0 Å². The minimum Gasteiger partial charge on any atom is -0.481 e. The number of rotatable bonds is 26. The first-order valence-corrected chi connectivity index (χ1v) is 15.6. The van der Waals surface area contributed by atoms with E-state index in [0.29, 0.717) is 12.8 Å². The fraction of sp³-hybridized carbons (Fsp3) is 0.600. The maximum absolute atomic E-state index is 12.7. The van der Waals surface area contributed by atoms with Gasteiger partial charge in [-0.05, 0) is 51.0 Å². The number of amides is 2. The molecule has 0 aromatic heterocycles. The summed E-state index contributed by atoms with van der Waals surface area (Å²) in [7, 11) is 0. The van der Waals surface area contributed by atoms with Gasteiger partial charge in [-0.1, -0.05) is 50.1 Å². The van der Waals surface area contributed by atoms with Gasteiger partial charge in [0.25, 0.3) is 0 Å². The summed E-state index contributed by atoms with van der Waals surface area (Å²) in [4.78, 5) is 69.7. The van der Waals surface area contributed by atoms with Crippen molar-refractivity contribution >= 4 is 47.3 Å². The summed E-state index contributed by atoms with van der Waals surface area (Å²) in [6, 6.07) is -2.32. The number of hydrogen-bond acceptors (Lipinski definition) is 8. The van der Waals surface area contributed by atoms with Crippen LogP contribution in [0.2, 0.25) is 0 Å². The average molecular weight is 626 g/mol. The molecule has 43 heavy (non-hydrogen) atoms. The number of ketones is 1. The number of nitrogens with two attached hydrogens (primary N) is 1. The fourth-order valence-corrected chi connectivity index (χ4v) is 4.80. The summed E-state index contributed by atoms with van der Waals surface area (Å²) in [5, 5.41) is 31.3. The van der Waals surface area contributed by atoms with Crippen molar-refractivity contribution < 1.29 is 44.1 Å². The summed E-state index contributed by atoms with van der Waals surface area (Å²) < 4.78 is 0. The van der Waals surface area contributed by atoms with Gasteiger partial charge >= 0.3 is 17.9 Å². The van der Waals surface area contributed by atoms with Crippen LogP contribution in [-0.2, 0) is 28.8 Å². The van der Waals surface area contributed by atoms with Gasteiger partial charge < -0.3 is 31.7 Å². The lowest BCUT2D eigenvalue weighted by molar-refractivity contribution is -0.139. The van der Waals surface area contributed by atoms with Crippen LogP contribution < -0.4 is 16.4 Å². The van der Waals surface area contributed by atoms with E-state index in [9.17, 15) is 28.8 Å². The maximum Gasteiger partial charge on any atom is 0.322 e. The van der Waals surface area contributed by atoms with Gasteiger partial charge in [-0.3, -0.25) is 28.8 Å². The van der Waals surface area contributed by atoms with E-state index in [2.05, 4.69) is 29.7 Å². The smallest absolute Gasteiger partial charge is 0.322 e. The van der Waals surface area contributed by atoms with Gasteiger partial charge in [0, 0.05) is 30.3 Å². The zero-order valence-corrected chi connectivity index (χ0v) is 25.7. The van der Waals surface area contributed by atoms with E-state index in [4.69, 9.17) is 21.1 Å². The first kappa shape index (κ1) is 39.5. The Hall–Kier alpha value is -3.45. The third kappa shape index (κ3) is 23.8. The molecule has 0 aromatic carbocycles. The Kier molecular flexibility index (Phi) is 23.1. The molecule has 2 amide bonds. The minimum absolute atomic E-state index is 0.0881. The molecule has 13 heteroatoms. The molecule has 0 heterocycles. The Morgan fingerprint density at radius 2 is 1.53 bits per heavy atom. The molecule has 0 radical (unpaired) electrons. The molecule has 0 bridgehead atoms. The first-order chi connectivity index (χ1) is 20.5. The van der Waals surface area contributed by atoms with E-state index >= 15 is 0 Å². The van der Waals surface area contributed by atoms with Crippen molar-refractivity contribution in [3.05, 3.63) is 36.5 Å². The summed E-state index contributed by atoms with van der Waals surface area (Å²) in [5.41, 5.74) is 5.45. The third-order valence-electron chi connectivity index (χ3n) is 6.06. The van der Waals surface area contributed by atoms with Gasteiger partial charge in [-0.15, -0.1) is 0 Å². The lowest BCUT2D eigenvalue weighted by atomic mass is 10.1. The van der Waals surface area contributed by atoms with E-state index < -0.39 is 48.4 Å². The van der Waals surface area contributed by atoms with Crippen LogP contribution in [0.15, 0.2) is 36.5 Å². The number of allylic oxidation sites excluding steroid dienone is 6. The highest BCUT2D eigenvalue weighted by atomic mass is 32.2. The molecule has 0 saturated heterocycles. The highest BCUT2D eigenvalue weighted by Gasteiger charge is 2.24. The number of hydrogen-bond donors (Lipinski definition) is 6. The number of nitrogens with one attached hydrogen (secondary N) is 2. The summed E-state index contributed by atoms with van der Waals surface area (Å²) in [6.07, 6.45) is 17.7. The van der Waals surface area contributed by atoms with Gasteiger partial charge in [0.2, 0.25) is 11.8 Å². The van der Waals surface area contributed by atoms with Crippen molar-refractivity contribution in [1.82, 2.24) is 10.6 Å². The monoisotopic (exact) mass is 625 g/mol. The highest BCUT2D eigenvalue weighted by molar-refractivity contribution is 8.00. The molecular weight excluding hydrogens is 578 g/mol. The van der Waals surface area contributed by atoms with Crippen LogP contribution >= 0.6 is 11.8 Å². The van der Waals surface area contributed by atoms with E-state index in [1.807, 2.05) is 12.2 Å². The molecule has 7 N–H and O–H groups in total. The highest BCUT2D eigenvalue weighted by Crippen LogP contribution is 2.21. The van der Waals surface area contributed by atoms with Crippen molar-refractivity contribution in [3.8, 4) is 0 Å². The van der Waals surface area contributed by atoms with Crippen LogP contribution in [0.1, 0.15) is 84.0 Å². The van der Waals surface area contributed by atoms with Crippen molar-refractivity contribution in [2.75, 3.05) is 12.3 Å². The molecule has 0 aliphatic heterocycles. The molecule has 12 nitrogen and oxygen atoms in total. The molecule has 0 spiro atoms. The number of carboxylic acids is 3. The Labute approximate surface area is 257 Å². The fourth-order valence-electron chi connectivity index (χ4n) is 3.61. The SMILES string of the molecule is CCCCC/C=C\C/C=C\C[C@H](C/C=C\C(=O)CCCC(=O)O)SC[C@H](NC(=O)CC[C@H](N)C(=O)O)C(=O)NCC(=O)O. The zero-order chi connectivity index (χ0) is 32.5. The van der Waals surface area contributed by atoms with Crippen molar-refractivity contribution in [2.24, 2.45) is 5.73 Å². The van der Waals surface area contributed by atoms with Gasteiger partial charge in [-0.25, -0.2) is 0 Å². The molecule has 0 aromatic rings. The Morgan fingerprint density at radius 1 is 0.837 bits per heavy atom. The molecule has 0 aliphatic rings. The zero-order valence-electron chi connectivity index (χ0n) is 24.9. The summed E-state index contributed by atoms with van der Waals surface area (Å²) in [6.45, 7) is 1.52. The lowest BCUT2D eigenvalue weighted by Crippen LogP contribution is -2.49. The van der Waals surface area contributed by atoms with Crippen molar-refractivity contribution in [1.29, 1.82) is 0 Å². The quantitative estimate of drug-likeness (QED) is 0.0466. The van der Waals surface area contributed by atoms with Crippen molar-refractivity contribution in [2.45, 2.75) is 101 Å². The standard InChI is InChI=1S/C30H47N3O9S/c1-2-3-4-5-6-7-8-9-10-15-23(16-11-13-22(34)14-12-17-27(36)37)43-21-25(29(40)32-20-28(38)39)33-26(35)19-18-24(31)30(41)42/h6-7,9-11,13,23-25H,2-5,8,12,14-21,31H2,1H3,(H,32,40)(H,33,35)(H,36,37)(H,38,39)(H,41,42)/b7-6-,10-9-,13-11-/t23-,24+,25+/m1/s1. The molecule has 0 fully saturated rings. The Morgan fingerprint density at radius 3 is 2.19 bits per heavy atom. The second-order valence-corrected chi connectivity index (χ2v) is 11.3. The molecule has 242 valence electrons. The normalized spacial score (nSPS) is 13.6. The van der Waals surface area contributed by atoms with Gasteiger partial charge in [0.15, 0.2) is 5.78 Å². The lowest BCUT2D eigenvalue weighted by Gasteiger charge is -2.21. The van der Waals surface area contributed by atoms with Crippen LogP contribution in [0.4, 0.5) is 0 Å². The number of carbonyl (C=O) groups is 6. The molecule has 0 aliphatic carbocycles. The molecular formula is C30H47N3O9S. The number of unbranched alkanes of at least 4 members (excludes halogenated alkanes) is 3. The largest absolute Gasteiger partial charge is 0.481 e. The van der Waals surface area contributed by atoms with E-state index in [1.54, 1.807) is 6.08 Å². The first-order valence-electron chi connectivity index (χ1n) is 14.6. The number of carboxylic acid groups (broad SMARTS) is 3. The molecule has 0 rings (SSSR count). The predicted octanol–water partition coefficient (Wildman–Crippen LogP) is 3.21. The maximum atomic E-state index is 12.7. The second kappa shape index (κ2) is 25.1. The van der Waals surface area contributed by atoms with Crippen molar-refractivity contribution in [3.63, 3.8) is 0 Å². The number of thioether (sulfide) groups is 1. The Bertz CT molecular complexity index is 982.